The smallest absolute Gasteiger partial charge is 0.00442 e. The van der Waals surface area contributed by atoms with E-state index in [9.17, 15) is 0 Å². The lowest BCUT2D eigenvalue weighted by molar-refractivity contribution is 1.45. The zero-order valence-electron chi connectivity index (χ0n) is 6.68. The van der Waals surface area contributed by atoms with Crippen LogP contribution in [0.15, 0.2) is 38.0 Å². The van der Waals surface area contributed by atoms with Crippen molar-refractivity contribution >= 4 is 6.71 Å². The Morgan fingerprint density at radius 1 is 0.800 bits per heavy atom. The van der Waals surface area contributed by atoms with Crippen LogP contribution in [0.2, 0.25) is 19.0 Å². The lowest BCUT2D eigenvalue weighted by Crippen LogP contribution is -2.07. The number of rotatable bonds is 6. The first kappa shape index (κ1) is 9.28. The minimum Gasteiger partial charge on any atom is -0.163 e. The third-order valence-corrected chi connectivity index (χ3v) is 1.84. The Hall–Kier alpha value is -0.715. The second-order valence-electron chi connectivity index (χ2n) is 2.79. The van der Waals surface area contributed by atoms with E-state index in [1.807, 2.05) is 18.2 Å². The van der Waals surface area contributed by atoms with E-state index < -0.39 is 0 Å². The molecule has 10 heavy (non-hydrogen) atoms. The van der Waals surface area contributed by atoms with Crippen molar-refractivity contribution in [1.29, 1.82) is 0 Å². The van der Waals surface area contributed by atoms with Crippen molar-refractivity contribution in [3.63, 3.8) is 0 Å². The van der Waals surface area contributed by atoms with Gasteiger partial charge in [0, 0.05) is 0 Å². The van der Waals surface area contributed by atoms with Crippen LogP contribution in [-0.2, 0) is 0 Å². The zero-order valence-corrected chi connectivity index (χ0v) is 6.68. The molecule has 0 aliphatic heterocycles. The Morgan fingerprint density at radius 3 is 1.30 bits per heavy atom. The average Bonchev–Trinajstić information content (AvgIpc) is 1.90. The maximum absolute atomic E-state index is 3.72. The molecule has 0 aliphatic rings. The average molecular weight is 135 g/mol. The summed E-state index contributed by atoms with van der Waals surface area (Å²) in [5, 5.41) is 0. The van der Waals surface area contributed by atoms with Gasteiger partial charge in [0.1, 0.15) is 0 Å². The molecule has 0 heterocycles. The summed E-state index contributed by atoms with van der Waals surface area (Å²) in [5.74, 6) is 0. The van der Waals surface area contributed by atoms with Crippen LogP contribution in [0, 0.1) is 0 Å². The van der Waals surface area contributed by atoms with E-state index in [2.05, 4.69) is 19.7 Å². The first-order valence-corrected chi connectivity index (χ1v) is 3.95. The standard InChI is InChI=1S/C9H16B/c1-4-7-10(8-5-2)9-6-3/h4-6,10H,1-3,7-9H2/q-1. The zero-order chi connectivity index (χ0) is 7.82. The fourth-order valence-electron chi connectivity index (χ4n) is 1.22. The summed E-state index contributed by atoms with van der Waals surface area (Å²) in [5.41, 5.74) is 0. The molecule has 0 aromatic rings. The fourth-order valence-corrected chi connectivity index (χ4v) is 1.22. The fraction of sp³-hybridized carbons (Fsp3) is 0.333. The van der Waals surface area contributed by atoms with Gasteiger partial charge in [-0.25, -0.2) is 0 Å². The molecule has 0 nitrogen and oxygen atoms in total. The molecule has 0 N–H and O–H groups in total. The van der Waals surface area contributed by atoms with Crippen molar-refractivity contribution in [2.24, 2.45) is 0 Å². The highest BCUT2D eigenvalue weighted by atomic mass is 13.7. The second kappa shape index (κ2) is 6.41. The molecule has 1 heteroatoms. The van der Waals surface area contributed by atoms with Gasteiger partial charge in [-0.3, -0.25) is 0 Å². The van der Waals surface area contributed by atoms with Gasteiger partial charge in [0.15, 0.2) is 0 Å². The van der Waals surface area contributed by atoms with E-state index in [1.54, 1.807) is 0 Å². The molecule has 0 amide bonds. The van der Waals surface area contributed by atoms with Crippen LogP contribution in [0.4, 0.5) is 0 Å². The van der Waals surface area contributed by atoms with E-state index in [0.717, 1.165) is 19.0 Å². The Bertz CT molecular complexity index is 92.1. The van der Waals surface area contributed by atoms with Gasteiger partial charge in [0.2, 0.25) is 0 Å². The van der Waals surface area contributed by atoms with Crippen LogP contribution >= 0.6 is 0 Å². The van der Waals surface area contributed by atoms with Gasteiger partial charge in [0.25, 0.3) is 0 Å². The largest absolute Gasteiger partial charge is 0.163 e. The monoisotopic (exact) mass is 135 g/mol. The van der Waals surface area contributed by atoms with E-state index in [1.165, 1.54) is 0 Å². The van der Waals surface area contributed by atoms with Gasteiger partial charge in [-0.1, -0.05) is 0 Å². The summed E-state index contributed by atoms with van der Waals surface area (Å²) >= 11 is 0. The Morgan fingerprint density at radius 2 is 1.10 bits per heavy atom. The molecule has 0 fully saturated rings. The third kappa shape index (κ3) is 4.19. The van der Waals surface area contributed by atoms with Crippen LogP contribution in [-0.4, -0.2) is 6.71 Å². The van der Waals surface area contributed by atoms with Crippen molar-refractivity contribution < 1.29 is 0 Å². The first-order chi connectivity index (χ1) is 4.85. The van der Waals surface area contributed by atoms with Gasteiger partial charge in [-0.15, -0.1) is 38.0 Å². The maximum Gasteiger partial charge on any atom is -0.00442 e. The molecule has 0 rings (SSSR count). The molecular formula is C9H16B-. The summed E-state index contributed by atoms with van der Waals surface area (Å²) in [7, 11) is 0. The molecule has 56 valence electrons. The van der Waals surface area contributed by atoms with Crippen molar-refractivity contribution in [2.75, 3.05) is 0 Å². The summed E-state index contributed by atoms with van der Waals surface area (Å²) in [6.45, 7) is 11.1. The van der Waals surface area contributed by atoms with Gasteiger partial charge in [0.05, 0.1) is 0 Å². The highest BCUT2D eigenvalue weighted by Gasteiger charge is 1.94. The van der Waals surface area contributed by atoms with E-state index in [0.29, 0.717) is 0 Å². The maximum atomic E-state index is 3.72. The predicted molar refractivity (Wildman–Crippen MR) is 52.2 cm³/mol. The van der Waals surface area contributed by atoms with Gasteiger partial charge < -0.3 is 0 Å². The molecule has 0 saturated carbocycles. The first-order valence-electron chi connectivity index (χ1n) is 3.95. The van der Waals surface area contributed by atoms with E-state index in [-0.39, 0.29) is 6.71 Å². The molecule has 0 spiro atoms. The van der Waals surface area contributed by atoms with Crippen LogP contribution < -0.4 is 0 Å². The lowest BCUT2D eigenvalue weighted by atomic mass is 9.43. The molecule has 0 bridgehead atoms. The lowest BCUT2D eigenvalue weighted by Gasteiger charge is -2.14. The minimum atomic E-state index is -0.0833. The van der Waals surface area contributed by atoms with E-state index in [4.69, 9.17) is 0 Å². The molecule has 0 unspecified atom stereocenters. The molecular weight excluding hydrogens is 119 g/mol. The van der Waals surface area contributed by atoms with Crippen LogP contribution in [0.3, 0.4) is 0 Å². The molecule has 0 aromatic heterocycles. The van der Waals surface area contributed by atoms with Gasteiger partial charge >= 0.3 is 0 Å². The summed E-state index contributed by atoms with van der Waals surface area (Å²) in [6, 6.07) is 0. The Labute approximate surface area is 64.4 Å². The van der Waals surface area contributed by atoms with Crippen LogP contribution in [0.25, 0.3) is 0 Å². The quantitative estimate of drug-likeness (QED) is 0.388. The SMILES string of the molecule is C=CC[BH-](CC=C)CC=C. The molecule has 0 atom stereocenters. The minimum absolute atomic E-state index is 0.0833. The van der Waals surface area contributed by atoms with Crippen LogP contribution in [0.5, 0.6) is 0 Å². The Balaban J connectivity index is 3.58. The Kier molecular flexibility index (Phi) is 5.95. The summed E-state index contributed by atoms with van der Waals surface area (Å²) in [4.78, 5) is 0. The number of allylic oxidation sites excluding steroid dienone is 3. The van der Waals surface area contributed by atoms with Crippen LogP contribution in [0.1, 0.15) is 0 Å². The molecule has 0 aliphatic carbocycles. The third-order valence-electron chi connectivity index (χ3n) is 1.84. The summed E-state index contributed by atoms with van der Waals surface area (Å²) in [6.07, 6.45) is 9.43. The molecule has 0 aromatic carbocycles. The topological polar surface area (TPSA) is 0 Å². The van der Waals surface area contributed by atoms with Crippen molar-refractivity contribution in [1.82, 2.24) is 0 Å². The second-order valence-corrected chi connectivity index (χ2v) is 2.79. The van der Waals surface area contributed by atoms with Crippen molar-refractivity contribution in [2.45, 2.75) is 19.0 Å². The van der Waals surface area contributed by atoms with Crippen molar-refractivity contribution in [3.05, 3.63) is 38.0 Å². The summed E-state index contributed by atoms with van der Waals surface area (Å²) < 4.78 is 0. The van der Waals surface area contributed by atoms with Crippen molar-refractivity contribution in [3.8, 4) is 0 Å². The highest BCUT2D eigenvalue weighted by molar-refractivity contribution is 6.60. The highest BCUT2D eigenvalue weighted by Crippen LogP contribution is 2.06. The van der Waals surface area contributed by atoms with Gasteiger partial charge in [-0.05, 0) is 6.71 Å². The normalized spacial score (nSPS) is 9.30. The number of hydrogen-bond acceptors (Lipinski definition) is 0. The number of hydrogen-bond donors (Lipinski definition) is 0. The van der Waals surface area contributed by atoms with E-state index >= 15 is 0 Å². The van der Waals surface area contributed by atoms with Gasteiger partial charge in [-0.2, -0.15) is 19.0 Å². The predicted octanol–water partition coefficient (Wildman–Crippen LogP) is 2.77. The molecule has 0 radical (unpaired) electrons. The molecule has 0 saturated heterocycles.